The minimum atomic E-state index is -4.51. The lowest BCUT2D eigenvalue weighted by Gasteiger charge is -2.13. The number of aromatic nitrogens is 1. The summed E-state index contributed by atoms with van der Waals surface area (Å²) < 4.78 is 43.4. The third-order valence-corrected chi connectivity index (χ3v) is 3.44. The van der Waals surface area contributed by atoms with E-state index in [-0.39, 0.29) is 11.6 Å². The number of alkyl halides is 3. The van der Waals surface area contributed by atoms with Crippen LogP contribution in [-0.2, 0) is 6.18 Å². The van der Waals surface area contributed by atoms with Crippen LogP contribution < -0.4 is 10.5 Å². The summed E-state index contributed by atoms with van der Waals surface area (Å²) >= 11 is 6.03. The Bertz CT molecular complexity index is 663. The lowest BCUT2D eigenvalue weighted by molar-refractivity contribution is -0.137. The SMILES string of the molecule is Cc1cc(Oc2cc(C(F)(F)F)cnc2N)cc(C)c1Cl. The molecule has 0 amide bonds. The Hall–Kier alpha value is -1.95. The van der Waals surface area contributed by atoms with Crippen molar-refractivity contribution in [1.29, 1.82) is 0 Å². The van der Waals surface area contributed by atoms with Crippen LogP contribution in [0.2, 0.25) is 5.02 Å². The molecule has 21 heavy (non-hydrogen) atoms. The molecule has 0 atom stereocenters. The van der Waals surface area contributed by atoms with Crippen molar-refractivity contribution in [2.24, 2.45) is 0 Å². The molecule has 2 aromatic rings. The topological polar surface area (TPSA) is 48.1 Å². The first-order valence-corrected chi connectivity index (χ1v) is 6.33. The predicted octanol–water partition coefficient (Wildman–Crippen LogP) is 4.75. The minimum absolute atomic E-state index is 0.117. The van der Waals surface area contributed by atoms with Crippen LogP contribution in [0, 0.1) is 13.8 Å². The van der Waals surface area contributed by atoms with Gasteiger partial charge in [0.2, 0.25) is 0 Å². The van der Waals surface area contributed by atoms with E-state index >= 15 is 0 Å². The Labute approximate surface area is 124 Å². The van der Waals surface area contributed by atoms with E-state index in [0.717, 1.165) is 17.2 Å². The van der Waals surface area contributed by atoms with E-state index < -0.39 is 11.7 Å². The van der Waals surface area contributed by atoms with Crippen LogP contribution in [0.4, 0.5) is 19.0 Å². The maximum atomic E-state index is 12.7. The van der Waals surface area contributed by atoms with Gasteiger partial charge in [0.05, 0.1) is 5.56 Å². The van der Waals surface area contributed by atoms with Crippen LogP contribution in [0.5, 0.6) is 11.5 Å². The fourth-order valence-corrected chi connectivity index (χ4v) is 1.89. The van der Waals surface area contributed by atoms with Crippen LogP contribution in [0.1, 0.15) is 16.7 Å². The number of nitrogen functional groups attached to an aromatic ring is 1. The van der Waals surface area contributed by atoms with E-state index in [1.807, 2.05) is 0 Å². The largest absolute Gasteiger partial charge is 0.453 e. The quantitative estimate of drug-likeness (QED) is 0.870. The standard InChI is InChI=1S/C14H12ClF3N2O/c1-7-3-10(4-8(2)12(7)15)21-11-5-9(14(16,17)18)6-20-13(11)19/h3-6H,1-2H3,(H2,19,20). The third-order valence-electron chi connectivity index (χ3n) is 2.85. The summed E-state index contributed by atoms with van der Waals surface area (Å²) in [5.74, 6) is 0.0847. The van der Waals surface area contributed by atoms with Gasteiger partial charge in [0.25, 0.3) is 0 Å². The van der Waals surface area contributed by atoms with Gasteiger partial charge in [-0.15, -0.1) is 0 Å². The van der Waals surface area contributed by atoms with E-state index in [2.05, 4.69) is 4.98 Å². The highest BCUT2D eigenvalue weighted by molar-refractivity contribution is 6.32. The van der Waals surface area contributed by atoms with Crippen LogP contribution in [0.3, 0.4) is 0 Å². The predicted molar refractivity (Wildman–Crippen MR) is 74.7 cm³/mol. The van der Waals surface area contributed by atoms with Gasteiger partial charge < -0.3 is 10.5 Å². The number of halogens is 4. The van der Waals surface area contributed by atoms with E-state index in [9.17, 15) is 13.2 Å². The summed E-state index contributed by atoms with van der Waals surface area (Å²) in [5.41, 5.74) is 6.14. The number of hydrogen-bond donors (Lipinski definition) is 1. The second-order valence-corrected chi connectivity index (χ2v) is 4.96. The highest BCUT2D eigenvalue weighted by atomic mass is 35.5. The highest BCUT2D eigenvalue weighted by Crippen LogP contribution is 2.35. The molecule has 0 aliphatic heterocycles. The minimum Gasteiger partial charge on any atom is -0.453 e. The molecular formula is C14H12ClF3N2O. The molecule has 1 aromatic heterocycles. The van der Waals surface area contributed by atoms with Gasteiger partial charge >= 0.3 is 6.18 Å². The lowest BCUT2D eigenvalue weighted by atomic mass is 10.1. The maximum absolute atomic E-state index is 12.7. The first-order chi connectivity index (χ1) is 9.68. The number of hydrogen-bond acceptors (Lipinski definition) is 3. The van der Waals surface area contributed by atoms with E-state index in [0.29, 0.717) is 17.0 Å². The summed E-state index contributed by atoms with van der Waals surface area (Å²) in [6.45, 7) is 3.55. The van der Waals surface area contributed by atoms with Crippen LogP contribution in [-0.4, -0.2) is 4.98 Å². The summed E-state index contributed by atoms with van der Waals surface area (Å²) in [7, 11) is 0. The molecule has 0 aliphatic carbocycles. The number of benzene rings is 1. The second kappa shape index (κ2) is 5.44. The molecule has 1 heterocycles. The van der Waals surface area contributed by atoms with Crippen LogP contribution in [0.15, 0.2) is 24.4 Å². The monoisotopic (exact) mass is 316 g/mol. The fraction of sp³-hybridized carbons (Fsp3) is 0.214. The Morgan fingerprint density at radius 2 is 1.71 bits per heavy atom. The Kier molecular flexibility index (Phi) is 4.00. The van der Waals surface area contributed by atoms with Crippen molar-refractivity contribution >= 4 is 17.4 Å². The summed E-state index contributed by atoms with van der Waals surface area (Å²) in [5, 5.41) is 0.581. The number of nitrogens with zero attached hydrogens (tertiary/aromatic N) is 1. The number of ether oxygens (including phenoxy) is 1. The van der Waals surface area contributed by atoms with Crippen LogP contribution in [0.25, 0.3) is 0 Å². The second-order valence-electron chi connectivity index (χ2n) is 4.58. The van der Waals surface area contributed by atoms with Gasteiger partial charge in [-0.3, -0.25) is 0 Å². The molecule has 0 unspecified atom stereocenters. The first-order valence-electron chi connectivity index (χ1n) is 5.96. The Balaban J connectivity index is 2.40. The first kappa shape index (κ1) is 15.4. The van der Waals surface area contributed by atoms with Crippen molar-refractivity contribution in [2.75, 3.05) is 5.73 Å². The zero-order chi connectivity index (χ0) is 15.8. The smallest absolute Gasteiger partial charge is 0.418 e. The third kappa shape index (κ3) is 3.39. The van der Waals surface area contributed by atoms with Crippen molar-refractivity contribution < 1.29 is 17.9 Å². The molecule has 2 rings (SSSR count). The average Bonchev–Trinajstić information content (AvgIpc) is 2.37. The van der Waals surface area contributed by atoms with Gasteiger partial charge in [-0.1, -0.05) is 11.6 Å². The Morgan fingerprint density at radius 3 is 2.24 bits per heavy atom. The van der Waals surface area contributed by atoms with Gasteiger partial charge in [0, 0.05) is 11.2 Å². The number of aryl methyl sites for hydroxylation is 2. The molecular weight excluding hydrogens is 305 g/mol. The summed E-state index contributed by atoms with van der Waals surface area (Å²) in [6.07, 6.45) is -3.84. The molecule has 0 aliphatic rings. The Morgan fingerprint density at radius 1 is 1.14 bits per heavy atom. The van der Waals surface area contributed by atoms with Crippen molar-refractivity contribution in [2.45, 2.75) is 20.0 Å². The van der Waals surface area contributed by atoms with Gasteiger partial charge in [0.1, 0.15) is 5.75 Å². The zero-order valence-corrected chi connectivity index (χ0v) is 12.0. The molecule has 0 bridgehead atoms. The highest BCUT2D eigenvalue weighted by Gasteiger charge is 2.32. The molecule has 112 valence electrons. The number of rotatable bonds is 2. The van der Waals surface area contributed by atoms with Crippen molar-refractivity contribution in [3.8, 4) is 11.5 Å². The maximum Gasteiger partial charge on any atom is 0.418 e. The van der Waals surface area contributed by atoms with Gasteiger partial charge in [-0.25, -0.2) is 4.98 Å². The molecule has 0 fully saturated rings. The number of pyridine rings is 1. The molecule has 3 nitrogen and oxygen atoms in total. The molecule has 0 saturated heterocycles. The molecule has 2 N–H and O–H groups in total. The van der Waals surface area contributed by atoms with E-state index in [1.54, 1.807) is 26.0 Å². The van der Waals surface area contributed by atoms with Gasteiger partial charge in [-0.05, 0) is 43.2 Å². The normalized spacial score (nSPS) is 11.5. The fourth-order valence-electron chi connectivity index (χ4n) is 1.78. The van der Waals surface area contributed by atoms with Crippen molar-refractivity contribution in [3.05, 3.63) is 46.1 Å². The average molecular weight is 317 g/mol. The summed E-state index contributed by atoms with van der Waals surface area (Å²) in [4.78, 5) is 3.51. The van der Waals surface area contributed by atoms with Crippen molar-refractivity contribution in [1.82, 2.24) is 4.98 Å². The van der Waals surface area contributed by atoms with E-state index in [1.165, 1.54) is 0 Å². The molecule has 7 heteroatoms. The van der Waals surface area contributed by atoms with E-state index in [4.69, 9.17) is 22.1 Å². The lowest BCUT2D eigenvalue weighted by Crippen LogP contribution is -2.07. The van der Waals surface area contributed by atoms with Gasteiger partial charge in [-0.2, -0.15) is 13.2 Å². The molecule has 0 radical (unpaired) electrons. The number of anilines is 1. The summed E-state index contributed by atoms with van der Waals surface area (Å²) in [6, 6.07) is 4.06. The number of nitrogens with two attached hydrogens (primary N) is 1. The molecule has 1 aromatic carbocycles. The zero-order valence-electron chi connectivity index (χ0n) is 11.3. The molecule has 0 spiro atoms. The van der Waals surface area contributed by atoms with Crippen molar-refractivity contribution in [3.63, 3.8) is 0 Å². The molecule has 0 saturated carbocycles. The van der Waals surface area contributed by atoms with Gasteiger partial charge in [0.15, 0.2) is 11.6 Å². The van der Waals surface area contributed by atoms with Crippen LogP contribution >= 0.6 is 11.6 Å².